The topological polar surface area (TPSA) is 41.1 Å². The van der Waals surface area contributed by atoms with Crippen LogP contribution in [0.4, 0.5) is 4.39 Å². The first-order chi connectivity index (χ1) is 8.16. The Labute approximate surface area is 113 Å². The third-order valence-corrected chi connectivity index (χ3v) is 3.75. The van der Waals surface area contributed by atoms with Crippen molar-refractivity contribution in [3.63, 3.8) is 0 Å². The normalized spacial score (nSPS) is 20.0. The molecule has 1 aromatic rings. The molecule has 1 aromatic carbocycles. The molecule has 2 rings (SSSR count). The Morgan fingerprint density at radius 3 is 3.06 bits per heavy atom. The standard InChI is InChI=1S/C12H14FIN2O/c13-8-3-4-11(14)10(6-8)12(17)16-9-2-1-5-15-7-9/h3-4,6,9,15H,1-2,5,7H2,(H,16,17)/t9-/m0/s1. The van der Waals surface area contributed by atoms with Gasteiger partial charge < -0.3 is 10.6 Å². The Kier molecular flexibility index (Phi) is 4.33. The number of halogens is 2. The second-order valence-corrected chi connectivity index (χ2v) is 5.30. The summed E-state index contributed by atoms with van der Waals surface area (Å²) in [6, 6.07) is 4.41. The number of carbonyl (C=O) groups is 1. The van der Waals surface area contributed by atoms with E-state index in [0.29, 0.717) is 5.56 Å². The summed E-state index contributed by atoms with van der Waals surface area (Å²) >= 11 is 2.04. The first kappa shape index (κ1) is 12.8. The fourth-order valence-corrected chi connectivity index (χ4v) is 2.49. The fraction of sp³-hybridized carbons (Fsp3) is 0.417. The lowest BCUT2D eigenvalue weighted by molar-refractivity contribution is 0.0929. The van der Waals surface area contributed by atoms with Crippen LogP contribution in [0.1, 0.15) is 23.2 Å². The number of hydrogen-bond acceptors (Lipinski definition) is 2. The van der Waals surface area contributed by atoms with E-state index in [9.17, 15) is 9.18 Å². The fourth-order valence-electron chi connectivity index (χ4n) is 1.91. The van der Waals surface area contributed by atoms with Crippen molar-refractivity contribution in [2.24, 2.45) is 0 Å². The molecule has 1 amide bonds. The molecule has 1 aliphatic rings. The van der Waals surface area contributed by atoms with Gasteiger partial charge in [-0.15, -0.1) is 0 Å². The Morgan fingerprint density at radius 1 is 1.53 bits per heavy atom. The minimum absolute atomic E-state index is 0.148. The molecule has 1 atom stereocenters. The molecule has 92 valence electrons. The van der Waals surface area contributed by atoms with E-state index in [2.05, 4.69) is 10.6 Å². The van der Waals surface area contributed by atoms with Gasteiger partial charge in [-0.1, -0.05) is 0 Å². The zero-order chi connectivity index (χ0) is 12.3. The van der Waals surface area contributed by atoms with Gasteiger partial charge in [0.2, 0.25) is 0 Å². The SMILES string of the molecule is O=C(N[C@H]1CCCNC1)c1cc(F)ccc1I. The van der Waals surface area contributed by atoms with Crippen molar-refractivity contribution >= 4 is 28.5 Å². The minimum Gasteiger partial charge on any atom is -0.348 e. The molecule has 0 bridgehead atoms. The highest BCUT2D eigenvalue weighted by molar-refractivity contribution is 14.1. The van der Waals surface area contributed by atoms with Crippen molar-refractivity contribution in [3.05, 3.63) is 33.1 Å². The van der Waals surface area contributed by atoms with E-state index in [0.717, 1.165) is 29.5 Å². The Balaban J connectivity index is 2.05. The van der Waals surface area contributed by atoms with Gasteiger partial charge in [-0.25, -0.2) is 4.39 Å². The number of rotatable bonds is 2. The molecule has 1 saturated heterocycles. The Morgan fingerprint density at radius 2 is 2.35 bits per heavy atom. The van der Waals surface area contributed by atoms with Crippen molar-refractivity contribution in [3.8, 4) is 0 Å². The van der Waals surface area contributed by atoms with Crippen LogP contribution in [0.2, 0.25) is 0 Å². The van der Waals surface area contributed by atoms with Gasteiger partial charge in [-0.3, -0.25) is 4.79 Å². The maximum absolute atomic E-state index is 13.1. The summed E-state index contributed by atoms with van der Waals surface area (Å²) in [4.78, 5) is 12.0. The summed E-state index contributed by atoms with van der Waals surface area (Å²) in [7, 11) is 0. The number of piperidine rings is 1. The summed E-state index contributed by atoms with van der Waals surface area (Å²) in [5.41, 5.74) is 0.413. The summed E-state index contributed by atoms with van der Waals surface area (Å²) in [6.07, 6.45) is 2.04. The van der Waals surface area contributed by atoms with Crippen LogP contribution in [0.25, 0.3) is 0 Å². The smallest absolute Gasteiger partial charge is 0.252 e. The molecule has 3 nitrogen and oxygen atoms in total. The van der Waals surface area contributed by atoms with E-state index in [1.165, 1.54) is 12.1 Å². The van der Waals surface area contributed by atoms with Gasteiger partial charge in [0.05, 0.1) is 5.56 Å². The molecule has 0 aromatic heterocycles. The van der Waals surface area contributed by atoms with E-state index < -0.39 is 0 Å². The van der Waals surface area contributed by atoms with Crippen molar-refractivity contribution < 1.29 is 9.18 Å². The highest BCUT2D eigenvalue weighted by atomic mass is 127. The molecule has 0 spiro atoms. The Hall–Kier alpha value is -0.690. The molecule has 0 aliphatic carbocycles. The van der Waals surface area contributed by atoms with Gasteiger partial charge in [0.15, 0.2) is 0 Å². The number of hydrogen-bond donors (Lipinski definition) is 2. The van der Waals surface area contributed by atoms with Gasteiger partial charge in [-0.2, -0.15) is 0 Å². The van der Waals surface area contributed by atoms with Crippen LogP contribution in [-0.2, 0) is 0 Å². The van der Waals surface area contributed by atoms with Gasteiger partial charge in [0.1, 0.15) is 5.82 Å². The van der Waals surface area contributed by atoms with E-state index in [1.807, 2.05) is 22.6 Å². The molecule has 0 unspecified atom stereocenters. The van der Waals surface area contributed by atoms with Gasteiger partial charge >= 0.3 is 0 Å². The van der Waals surface area contributed by atoms with E-state index in [-0.39, 0.29) is 17.8 Å². The van der Waals surface area contributed by atoms with Crippen molar-refractivity contribution in [2.75, 3.05) is 13.1 Å². The van der Waals surface area contributed by atoms with Crippen molar-refractivity contribution in [2.45, 2.75) is 18.9 Å². The average Bonchev–Trinajstić information content (AvgIpc) is 2.33. The molecular formula is C12H14FIN2O. The molecular weight excluding hydrogens is 334 g/mol. The van der Waals surface area contributed by atoms with E-state index in [4.69, 9.17) is 0 Å². The maximum atomic E-state index is 13.1. The molecule has 0 saturated carbocycles. The lowest BCUT2D eigenvalue weighted by Crippen LogP contribution is -2.45. The molecule has 1 fully saturated rings. The molecule has 1 aliphatic heterocycles. The monoisotopic (exact) mass is 348 g/mol. The largest absolute Gasteiger partial charge is 0.348 e. The summed E-state index contributed by atoms with van der Waals surface area (Å²) in [5.74, 6) is -0.570. The number of benzene rings is 1. The van der Waals surface area contributed by atoms with Gasteiger partial charge in [0, 0.05) is 16.2 Å². The van der Waals surface area contributed by atoms with Crippen LogP contribution >= 0.6 is 22.6 Å². The van der Waals surface area contributed by atoms with E-state index >= 15 is 0 Å². The van der Waals surface area contributed by atoms with Crippen LogP contribution in [0, 0.1) is 9.39 Å². The lowest BCUT2D eigenvalue weighted by atomic mass is 10.1. The first-order valence-electron chi connectivity index (χ1n) is 5.63. The van der Waals surface area contributed by atoms with Crippen LogP contribution in [0.15, 0.2) is 18.2 Å². The second kappa shape index (κ2) is 5.77. The van der Waals surface area contributed by atoms with Crippen LogP contribution in [-0.4, -0.2) is 25.0 Å². The van der Waals surface area contributed by atoms with Crippen molar-refractivity contribution in [1.82, 2.24) is 10.6 Å². The van der Waals surface area contributed by atoms with Gasteiger partial charge in [0.25, 0.3) is 5.91 Å². The van der Waals surface area contributed by atoms with Crippen molar-refractivity contribution in [1.29, 1.82) is 0 Å². The van der Waals surface area contributed by atoms with Crippen LogP contribution in [0.5, 0.6) is 0 Å². The van der Waals surface area contributed by atoms with Gasteiger partial charge in [-0.05, 0) is 60.2 Å². The van der Waals surface area contributed by atoms with E-state index in [1.54, 1.807) is 6.07 Å². The Bertz CT molecular complexity index is 419. The third kappa shape index (κ3) is 3.38. The number of nitrogens with one attached hydrogen (secondary N) is 2. The molecule has 17 heavy (non-hydrogen) atoms. The first-order valence-corrected chi connectivity index (χ1v) is 6.71. The predicted molar refractivity (Wildman–Crippen MR) is 72.5 cm³/mol. The quantitative estimate of drug-likeness (QED) is 0.802. The number of amides is 1. The third-order valence-electron chi connectivity index (χ3n) is 2.81. The minimum atomic E-state index is -0.377. The summed E-state index contributed by atoms with van der Waals surface area (Å²) in [5, 5.41) is 6.16. The molecule has 2 N–H and O–H groups in total. The zero-order valence-electron chi connectivity index (χ0n) is 9.30. The lowest BCUT2D eigenvalue weighted by Gasteiger charge is -2.24. The van der Waals surface area contributed by atoms with Crippen LogP contribution < -0.4 is 10.6 Å². The highest BCUT2D eigenvalue weighted by Gasteiger charge is 2.18. The zero-order valence-corrected chi connectivity index (χ0v) is 11.5. The van der Waals surface area contributed by atoms with Crippen LogP contribution in [0.3, 0.4) is 0 Å². The maximum Gasteiger partial charge on any atom is 0.252 e. The summed E-state index contributed by atoms with van der Waals surface area (Å²) < 4.78 is 13.9. The highest BCUT2D eigenvalue weighted by Crippen LogP contribution is 2.14. The number of carbonyl (C=O) groups excluding carboxylic acids is 1. The second-order valence-electron chi connectivity index (χ2n) is 4.14. The summed E-state index contributed by atoms with van der Waals surface area (Å²) in [6.45, 7) is 1.79. The average molecular weight is 348 g/mol. The predicted octanol–water partition coefficient (Wildman–Crippen LogP) is 1.91. The molecule has 1 heterocycles. The molecule has 0 radical (unpaired) electrons. The molecule has 5 heteroatoms.